The van der Waals surface area contributed by atoms with Crippen LogP contribution in [0.5, 0.6) is 0 Å². The minimum absolute atomic E-state index is 0.0458. The van der Waals surface area contributed by atoms with Gasteiger partial charge in [0, 0.05) is 17.4 Å². The number of rotatable bonds is 6. The van der Waals surface area contributed by atoms with E-state index >= 15 is 0 Å². The Kier molecular flexibility index (Phi) is 4.80. The number of fused-ring (bicyclic) bond motifs is 1. The number of amides is 1. The molecule has 0 aliphatic carbocycles. The maximum atomic E-state index is 13.6. The van der Waals surface area contributed by atoms with Crippen molar-refractivity contribution in [3.05, 3.63) is 35.8 Å². The summed E-state index contributed by atoms with van der Waals surface area (Å²) < 4.78 is 13.6. The van der Waals surface area contributed by atoms with Crippen molar-refractivity contribution < 1.29 is 19.1 Å². The molecule has 6 heteroatoms. The van der Waals surface area contributed by atoms with Crippen LogP contribution in [0.4, 0.5) is 4.39 Å². The van der Waals surface area contributed by atoms with Gasteiger partial charge in [-0.05, 0) is 30.5 Å². The Bertz CT molecular complexity index is 694. The molecular formula is C16H19FN2O3. The van der Waals surface area contributed by atoms with Crippen LogP contribution >= 0.6 is 0 Å². The highest BCUT2D eigenvalue weighted by molar-refractivity contribution is 5.98. The van der Waals surface area contributed by atoms with Crippen LogP contribution in [0.25, 0.3) is 10.9 Å². The zero-order valence-electron chi connectivity index (χ0n) is 12.5. The average Bonchev–Trinajstić information content (AvgIpc) is 2.88. The van der Waals surface area contributed by atoms with E-state index < -0.39 is 23.6 Å². The predicted octanol–water partition coefficient (Wildman–Crippen LogP) is 2.78. The summed E-state index contributed by atoms with van der Waals surface area (Å²) in [5, 5.41) is 12.1. The number of carboxylic acid groups (broad SMARTS) is 1. The van der Waals surface area contributed by atoms with Crippen molar-refractivity contribution in [2.45, 2.75) is 20.3 Å². The first-order valence-electron chi connectivity index (χ1n) is 7.16. The topological polar surface area (TPSA) is 82.2 Å². The van der Waals surface area contributed by atoms with Gasteiger partial charge in [0.25, 0.3) is 5.91 Å². The Morgan fingerprint density at radius 1 is 1.36 bits per heavy atom. The number of aromatic nitrogens is 1. The highest BCUT2D eigenvalue weighted by atomic mass is 19.1. The number of carbonyl (C=O) groups is 2. The van der Waals surface area contributed by atoms with Crippen LogP contribution in [0.1, 0.15) is 30.8 Å². The molecule has 0 aliphatic rings. The number of carbonyl (C=O) groups excluding carboxylic acids is 1. The van der Waals surface area contributed by atoms with Gasteiger partial charge in [-0.15, -0.1) is 0 Å². The summed E-state index contributed by atoms with van der Waals surface area (Å²) in [6.07, 6.45) is 0.483. The molecule has 0 fully saturated rings. The Morgan fingerprint density at radius 3 is 2.68 bits per heavy atom. The Balaban J connectivity index is 2.07. The van der Waals surface area contributed by atoms with Crippen molar-refractivity contribution in [3.8, 4) is 0 Å². The van der Waals surface area contributed by atoms with E-state index in [9.17, 15) is 14.0 Å². The van der Waals surface area contributed by atoms with Gasteiger partial charge < -0.3 is 15.4 Å². The summed E-state index contributed by atoms with van der Waals surface area (Å²) in [7, 11) is 0. The van der Waals surface area contributed by atoms with Gasteiger partial charge in [-0.2, -0.15) is 0 Å². The normalized spacial score (nSPS) is 12.5. The molecule has 2 aromatic rings. The summed E-state index contributed by atoms with van der Waals surface area (Å²) in [5.74, 6) is -2.19. The van der Waals surface area contributed by atoms with Crippen molar-refractivity contribution in [1.82, 2.24) is 10.3 Å². The van der Waals surface area contributed by atoms with E-state index in [1.807, 2.05) is 13.8 Å². The van der Waals surface area contributed by atoms with Crippen LogP contribution in [0.15, 0.2) is 24.3 Å². The molecule has 1 atom stereocenters. The molecule has 1 heterocycles. The molecule has 0 aliphatic heterocycles. The largest absolute Gasteiger partial charge is 0.481 e. The van der Waals surface area contributed by atoms with Crippen molar-refractivity contribution in [2.75, 3.05) is 6.54 Å². The number of hydrogen-bond acceptors (Lipinski definition) is 2. The lowest BCUT2D eigenvalue weighted by molar-refractivity contribution is -0.142. The zero-order chi connectivity index (χ0) is 16.3. The number of carboxylic acids is 1. The van der Waals surface area contributed by atoms with Crippen LogP contribution in [0, 0.1) is 17.7 Å². The van der Waals surface area contributed by atoms with Gasteiger partial charge in [0.2, 0.25) is 0 Å². The second-order valence-corrected chi connectivity index (χ2v) is 5.76. The van der Waals surface area contributed by atoms with Crippen LogP contribution in [0.3, 0.4) is 0 Å². The molecule has 118 valence electrons. The smallest absolute Gasteiger partial charge is 0.308 e. The maximum absolute atomic E-state index is 13.6. The average molecular weight is 306 g/mol. The monoisotopic (exact) mass is 306 g/mol. The number of nitrogens with one attached hydrogen (secondary N) is 2. The fraction of sp³-hybridized carbons (Fsp3) is 0.375. The lowest BCUT2D eigenvalue weighted by atomic mass is 9.97. The summed E-state index contributed by atoms with van der Waals surface area (Å²) in [4.78, 5) is 26.1. The van der Waals surface area contributed by atoms with Gasteiger partial charge in [0.15, 0.2) is 0 Å². The Labute approximate surface area is 127 Å². The SMILES string of the molecule is CC(C)CC(CNC(=O)c1cc2c(F)cccc2[nH]1)C(=O)O. The first kappa shape index (κ1) is 16.0. The minimum atomic E-state index is -0.934. The van der Waals surface area contributed by atoms with E-state index in [-0.39, 0.29) is 18.2 Å². The molecule has 22 heavy (non-hydrogen) atoms. The maximum Gasteiger partial charge on any atom is 0.308 e. The molecule has 2 rings (SSSR count). The molecule has 0 spiro atoms. The third kappa shape index (κ3) is 3.63. The molecule has 5 nitrogen and oxygen atoms in total. The third-order valence-corrected chi connectivity index (χ3v) is 3.47. The second-order valence-electron chi connectivity index (χ2n) is 5.76. The molecule has 1 unspecified atom stereocenters. The van der Waals surface area contributed by atoms with Crippen LogP contribution in [-0.2, 0) is 4.79 Å². The van der Waals surface area contributed by atoms with Crippen molar-refractivity contribution in [1.29, 1.82) is 0 Å². The first-order chi connectivity index (χ1) is 10.4. The third-order valence-electron chi connectivity index (χ3n) is 3.47. The summed E-state index contributed by atoms with van der Waals surface area (Å²) >= 11 is 0. The molecule has 0 radical (unpaired) electrons. The number of aliphatic carboxylic acids is 1. The standard InChI is InChI=1S/C16H19FN2O3/c1-9(2)6-10(16(21)22)8-18-15(20)14-7-11-12(17)4-3-5-13(11)19-14/h3-5,7,9-10,19H,6,8H2,1-2H3,(H,18,20)(H,21,22). The number of hydrogen-bond donors (Lipinski definition) is 3. The number of H-pyrrole nitrogens is 1. The van der Waals surface area contributed by atoms with E-state index in [1.165, 1.54) is 12.1 Å². The predicted molar refractivity (Wildman–Crippen MR) is 81.2 cm³/mol. The molecule has 0 bridgehead atoms. The molecule has 1 amide bonds. The van der Waals surface area contributed by atoms with Gasteiger partial charge in [-0.1, -0.05) is 19.9 Å². The molecule has 1 aromatic heterocycles. The number of benzene rings is 1. The fourth-order valence-corrected chi connectivity index (χ4v) is 2.39. The highest BCUT2D eigenvalue weighted by Gasteiger charge is 2.20. The minimum Gasteiger partial charge on any atom is -0.481 e. The zero-order valence-corrected chi connectivity index (χ0v) is 12.5. The van der Waals surface area contributed by atoms with Crippen LogP contribution < -0.4 is 5.32 Å². The summed E-state index contributed by atoms with van der Waals surface area (Å²) in [6.45, 7) is 3.90. The summed E-state index contributed by atoms with van der Waals surface area (Å²) in [6, 6.07) is 5.98. The lowest BCUT2D eigenvalue weighted by Gasteiger charge is -2.15. The molecule has 3 N–H and O–H groups in total. The molecule has 1 aromatic carbocycles. The van der Waals surface area contributed by atoms with Gasteiger partial charge in [0.1, 0.15) is 11.5 Å². The summed E-state index contributed by atoms with van der Waals surface area (Å²) in [5.41, 5.74) is 0.746. The van der Waals surface area contributed by atoms with E-state index in [2.05, 4.69) is 10.3 Å². The van der Waals surface area contributed by atoms with Crippen molar-refractivity contribution in [2.24, 2.45) is 11.8 Å². The van der Waals surface area contributed by atoms with Gasteiger partial charge >= 0.3 is 5.97 Å². The van der Waals surface area contributed by atoms with Crippen LogP contribution in [-0.4, -0.2) is 28.5 Å². The Morgan fingerprint density at radius 2 is 2.09 bits per heavy atom. The van der Waals surface area contributed by atoms with E-state index in [1.54, 1.807) is 12.1 Å². The van der Waals surface area contributed by atoms with Gasteiger partial charge in [-0.3, -0.25) is 9.59 Å². The highest BCUT2D eigenvalue weighted by Crippen LogP contribution is 2.18. The molecule has 0 saturated carbocycles. The van der Waals surface area contributed by atoms with Crippen LogP contribution in [0.2, 0.25) is 0 Å². The lowest BCUT2D eigenvalue weighted by Crippen LogP contribution is -2.33. The quantitative estimate of drug-likeness (QED) is 0.767. The van der Waals surface area contributed by atoms with Crippen molar-refractivity contribution >= 4 is 22.8 Å². The van der Waals surface area contributed by atoms with Crippen molar-refractivity contribution in [3.63, 3.8) is 0 Å². The van der Waals surface area contributed by atoms with E-state index in [4.69, 9.17) is 5.11 Å². The van der Waals surface area contributed by atoms with Gasteiger partial charge in [-0.25, -0.2) is 4.39 Å². The first-order valence-corrected chi connectivity index (χ1v) is 7.16. The fourth-order valence-electron chi connectivity index (χ4n) is 2.39. The van der Waals surface area contributed by atoms with E-state index in [0.29, 0.717) is 17.3 Å². The Hall–Kier alpha value is -2.37. The molecular weight excluding hydrogens is 287 g/mol. The van der Waals surface area contributed by atoms with Gasteiger partial charge in [0.05, 0.1) is 5.92 Å². The number of halogens is 1. The number of aromatic amines is 1. The molecule has 0 saturated heterocycles. The second kappa shape index (κ2) is 6.60. The van der Waals surface area contributed by atoms with E-state index in [0.717, 1.165) is 0 Å².